The van der Waals surface area contributed by atoms with E-state index in [1.165, 1.54) is 5.56 Å². The van der Waals surface area contributed by atoms with Gasteiger partial charge in [-0.05, 0) is 47.9 Å². The monoisotopic (exact) mass is 411 g/mol. The van der Waals surface area contributed by atoms with Gasteiger partial charge in [0.1, 0.15) is 12.4 Å². The highest BCUT2D eigenvalue weighted by atomic mass is 35.5. The van der Waals surface area contributed by atoms with Crippen molar-refractivity contribution in [2.75, 3.05) is 13.7 Å². The molecule has 0 amide bonds. The maximum absolute atomic E-state index is 6.52. The van der Waals surface area contributed by atoms with Crippen LogP contribution in [0.5, 0.6) is 17.2 Å². The van der Waals surface area contributed by atoms with E-state index in [1.807, 2.05) is 73.7 Å². The van der Waals surface area contributed by atoms with E-state index in [9.17, 15) is 0 Å². The maximum atomic E-state index is 6.52. The van der Waals surface area contributed by atoms with Gasteiger partial charge in [-0.1, -0.05) is 54.1 Å². The number of halogens is 1. The zero-order valence-electron chi connectivity index (χ0n) is 16.8. The van der Waals surface area contributed by atoms with Gasteiger partial charge in [-0.3, -0.25) is 0 Å². The first kappa shape index (κ1) is 21.0. The SMILES string of the molecule is CCOc1cc(CNCc2ccc(OC)cc2)cc(Cl)c1OCc1ccccc1. The van der Waals surface area contributed by atoms with Gasteiger partial charge in [0.25, 0.3) is 0 Å². The molecular formula is C24H26ClNO3. The summed E-state index contributed by atoms with van der Waals surface area (Å²) in [6.45, 7) is 4.35. The number of hydrogen-bond donors (Lipinski definition) is 1. The second-order valence-electron chi connectivity index (χ2n) is 6.56. The third kappa shape index (κ3) is 6.14. The Morgan fingerprint density at radius 2 is 1.55 bits per heavy atom. The van der Waals surface area contributed by atoms with E-state index in [4.69, 9.17) is 25.8 Å². The van der Waals surface area contributed by atoms with Crippen molar-refractivity contribution in [2.24, 2.45) is 0 Å². The zero-order chi connectivity index (χ0) is 20.5. The molecule has 3 aromatic carbocycles. The van der Waals surface area contributed by atoms with Crippen LogP contribution in [0.2, 0.25) is 5.02 Å². The van der Waals surface area contributed by atoms with E-state index in [1.54, 1.807) is 7.11 Å². The molecule has 0 aliphatic carbocycles. The summed E-state index contributed by atoms with van der Waals surface area (Å²) in [6, 6.07) is 21.9. The lowest BCUT2D eigenvalue weighted by Crippen LogP contribution is -2.13. The standard InChI is InChI=1S/C24H26ClNO3/c1-3-28-23-14-20(16-26-15-18-9-11-21(27-2)12-10-18)13-22(25)24(23)29-17-19-7-5-4-6-8-19/h4-14,26H,3,15-17H2,1-2H3. The molecule has 3 aromatic rings. The molecular weight excluding hydrogens is 386 g/mol. The average Bonchev–Trinajstić information content (AvgIpc) is 2.74. The van der Waals surface area contributed by atoms with Gasteiger partial charge < -0.3 is 19.5 Å². The van der Waals surface area contributed by atoms with E-state index in [-0.39, 0.29) is 0 Å². The van der Waals surface area contributed by atoms with Crippen molar-refractivity contribution in [2.45, 2.75) is 26.6 Å². The van der Waals surface area contributed by atoms with Crippen LogP contribution in [-0.4, -0.2) is 13.7 Å². The summed E-state index contributed by atoms with van der Waals surface area (Å²) >= 11 is 6.52. The van der Waals surface area contributed by atoms with E-state index in [0.717, 1.165) is 23.4 Å². The fourth-order valence-electron chi connectivity index (χ4n) is 2.95. The van der Waals surface area contributed by atoms with Crippen LogP contribution in [0.3, 0.4) is 0 Å². The highest BCUT2D eigenvalue weighted by Gasteiger charge is 2.13. The van der Waals surface area contributed by atoms with Crippen LogP contribution in [0.4, 0.5) is 0 Å². The van der Waals surface area contributed by atoms with Crippen molar-refractivity contribution >= 4 is 11.6 Å². The average molecular weight is 412 g/mol. The van der Waals surface area contributed by atoms with Crippen molar-refractivity contribution in [1.82, 2.24) is 5.32 Å². The number of benzene rings is 3. The van der Waals surface area contributed by atoms with Crippen LogP contribution in [-0.2, 0) is 19.7 Å². The fraction of sp³-hybridized carbons (Fsp3) is 0.250. The molecule has 0 heterocycles. The first-order valence-electron chi connectivity index (χ1n) is 9.65. The third-order valence-corrected chi connectivity index (χ3v) is 4.69. The predicted octanol–water partition coefficient (Wildman–Crippen LogP) is 5.62. The van der Waals surface area contributed by atoms with E-state index in [2.05, 4.69) is 5.32 Å². The minimum atomic E-state index is 0.440. The van der Waals surface area contributed by atoms with Crippen LogP contribution in [0, 0.1) is 0 Å². The summed E-state index contributed by atoms with van der Waals surface area (Å²) in [5.41, 5.74) is 3.31. The van der Waals surface area contributed by atoms with Gasteiger partial charge in [0.05, 0.1) is 18.7 Å². The number of hydrogen-bond acceptors (Lipinski definition) is 4. The first-order valence-corrected chi connectivity index (χ1v) is 10.0. The molecule has 0 spiro atoms. The van der Waals surface area contributed by atoms with Gasteiger partial charge in [-0.15, -0.1) is 0 Å². The summed E-state index contributed by atoms with van der Waals surface area (Å²) in [5.74, 6) is 2.10. The van der Waals surface area contributed by atoms with E-state index in [0.29, 0.717) is 36.3 Å². The van der Waals surface area contributed by atoms with Crippen molar-refractivity contribution in [1.29, 1.82) is 0 Å². The van der Waals surface area contributed by atoms with Crippen LogP contribution < -0.4 is 19.5 Å². The van der Waals surface area contributed by atoms with E-state index < -0.39 is 0 Å². The van der Waals surface area contributed by atoms with Crippen LogP contribution in [0.15, 0.2) is 66.7 Å². The Morgan fingerprint density at radius 3 is 2.24 bits per heavy atom. The van der Waals surface area contributed by atoms with Gasteiger partial charge in [0.15, 0.2) is 11.5 Å². The molecule has 0 saturated carbocycles. The Morgan fingerprint density at radius 1 is 0.828 bits per heavy atom. The predicted molar refractivity (Wildman–Crippen MR) is 117 cm³/mol. The molecule has 0 aliphatic rings. The van der Waals surface area contributed by atoms with Gasteiger partial charge >= 0.3 is 0 Å². The normalized spacial score (nSPS) is 10.6. The molecule has 0 bridgehead atoms. The van der Waals surface area contributed by atoms with Crippen LogP contribution >= 0.6 is 11.6 Å². The summed E-state index contributed by atoms with van der Waals surface area (Å²) < 4.78 is 16.9. The van der Waals surface area contributed by atoms with E-state index >= 15 is 0 Å². The number of rotatable bonds is 10. The number of methoxy groups -OCH3 is 1. The highest BCUT2D eigenvalue weighted by Crippen LogP contribution is 2.37. The molecule has 0 unspecified atom stereocenters. The second-order valence-corrected chi connectivity index (χ2v) is 6.97. The van der Waals surface area contributed by atoms with Crippen molar-refractivity contribution in [3.8, 4) is 17.2 Å². The Bertz CT molecular complexity index is 898. The Balaban J connectivity index is 1.64. The Kier molecular flexibility index (Phi) is 7.79. The highest BCUT2D eigenvalue weighted by molar-refractivity contribution is 6.32. The van der Waals surface area contributed by atoms with Gasteiger partial charge in [-0.25, -0.2) is 0 Å². The summed E-state index contributed by atoms with van der Waals surface area (Å²) in [4.78, 5) is 0. The lowest BCUT2D eigenvalue weighted by Gasteiger charge is -2.16. The smallest absolute Gasteiger partial charge is 0.180 e. The zero-order valence-corrected chi connectivity index (χ0v) is 17.5. The molecule has 0 saturated heterocycles. The molecule has 0 fully saturated rings. The molecule has 0 radical (unpaired) electrons. The van der Waals surface area contributed by atoms with Crippen molar-refractivity contribution < 1.29 is 14.2 Å². The quantitative estimate of drug-likeness (QED) is 0.470. The molecule has 1 N–H and O–H groups in total. The van der Waals surface area contributed by atoms with Crippen LogP contribution in [0.25, 0.3) is 0 Å². The lowest BCUT2D eigenvalue weighted by atomic mass is 10.1. The summed E-state index contributed by atoms with van der Waals surface area (Å²) in [7, 11) is 1.67. The Labute approximate surface area is 177 Å². The summed E-state index contributed by atoms with van der Waals surface area (Å²) in [5, 5.41) is 3.98. The first-order chi connectivity index (χ1) is 14.2. The molecule has 0 atom stereocenters. The van der Waals surface area contributed by atoms with Crippen LogP contribution in [0.1, 0.15) is 23.6 Å². The largest absolute Gasteiger partial charge is 0.497 e. The molecule has 29 heavy (non-hydrogen) atoms. The van der Waals surface area contributed by atoms with Gasteiger partial charge in [0, 0.05) is 13.1 Å². The molecule has 3 rings (SSSR count). The molecule has 0 aromatic heterocycles. The third-order valence-electron chi connectivity index (χ3n) is 4.41. The molecule has 0 aliphatic heterocycles. The topological polar surface area (TPSA) is 39.7 Å². The summed E-state index contributed by atoms with van der Waals surface area (Å²) in [6.07, 6.45) is 0. The van der Waals surface area contributed by atoms with Gasteiger partial charge in [-0.2, -0.15) is 0 Å². The molecule has 152 valence electrons. The minimum Gasteiger partial charge on any atom is -0.497 e. The van der Waals surface area contributed by atoms with Gasteiger partial charge in [0.2, 0.25) is 0 Å². The fourth-order valence-corrected chi connectivity index (χ4v) is 3.24. The maximum Gasteiger partial charge on any atom is 0.180 e. The molecule has 4 nitrogen and oxygen atoms in total. The second kappa shape index (κ2) is 10.7. The lowest BCUT2D eigenvalue weighted by molar-refractivity contribution is 0.269. The van der Waals surface area contributed by atoms with Crippen molar-refractivity contribution in [3.63, 3.8) is 0 Å². The number of ether oxygens (including phenoxy) is 3. The number of nitrogens with one attached hydrogen (secondary N) is 1. The Hall–Kier alpha value is -2.69. The van der Waals surface area contributed by atoms with Crippen molar-refractivity contribution in [3.05, 3.63) is 88.4 Å². The minimum absolute atomic E-state index is 0.440. The molecule has 5 heteroatoms.